The second-order valence-corrected chi connectivity index (χ2v) is 7.07. The van der Waals surface area contributed by atoms with Crippen molar-refractivity contribution in [2.24, 2.45) is 0 Å². The number of hydrogen-bond donors (Lipinski definition) is 1. The quantitative estimate of drug-likeness (QED) is 0.720. The van der Waals surface area contributed by atoms with Crippen molar-refractivity contribution in [1.29, 1.82) is 0 Å². The van der Waals surface area contributed by atoms with E-state index in [-0.39, 0.29) is 1.43 Å². The van der Waals surface area contributed by atoms with Crippen LogP contribution < -0.4 is 0 Å². The number of rotatable bonds is 3. The van der Waals surface area contributed by atoms with Crippen molar-refractivity contribution in [2.75, 3.05) is 6.54 Å². The van der Waals surface area contributed by atoms with Crippen molar-refractivity contribution < 1.29 is 5.82 Å². The highest BCUT2D eigenvalue weighted by Crippen LogP contribution is 2.31. The van der Waals surface area contributed by atoms with E-state index < -0.39 is 5.67 Å². The smallest absolute Gasteiger partial charge is 0.118 e. The molecule has 2 nitrogen and oxygen atoms in total. The van der Waals surface area contributed by atoms with E-state index >= 15 is 0 Å². The molecule has 0 saturated carbocycles. The van der Waals surface area contributed by atoms with Gasteiger partial charge in [-0.3, -0.25) is 4.90 Å². The molecule has 24 heavy (non-hydrogen) atoms. The van der Waals surface area contributed by atoms with E-state index in [1.54, 1.807) is 19.9 Å². The number of alkyl halides is 1. The van der Waals surface area contributed by atoms with E-state index in [1.807, 2.05) is 19.1 Å². The standard InChI is InChI=1S/C16H21FN2.C5H8.H2/c1-11-8-13-12-6-4-5-7-14(12)18-15(13)9-19(11)10-16(2,3)17;1-3-5-4-2;/h4-7,11,18H,8-10H2,1-3H3;3-5H,1H2,2H3;1H/b;5-4+;/t11-;;/m1../s1. The minimum atomic E-state index is -1.14. The van der Waals surface area contributed by atoms with Gasteiger partial charge in [-0.05, 0) is 45.7 Å². The van der Waals surface area contributed by atoms with E-state index in [1.165, 1.54) is 22.2 Å². The highest BCUT2D eigenvalue weighted by Gasteiger charge is 2.30. The van der Waals surface area contributed by atoms with Crippen LogP contribution in [0.25, 0.3) is 10.9 Å². The van der Waals surface area contributed by atoms with Crippen LogP contribution >= 0.6 is 0 Å². The van der Waals surface area contributed by atoms with Crippen molar-refractivity contribution in [3.8, 4) is 0 Å². The lowest BCUT2D eigenvalue weighted by atomic mass is 9.96. The molecule has 3 rings (SSSR count). The molecule has 0 unspecified atom stereocenters. The van der Waals surface area contributed by atoms with Crippen molar-refractivity contribution in [2.45, 2.75) is 52.4 Å². The number of allylic oxidation sites excluding steroid dienone is 3. The molecule has 2 heterocycles. The lowest BCUT2D eigenvalue weighted by Gasteiger charge is -2.36. The lowest BCUT2D eigenvalue weighted by molar-refractivity contribution is 0.0853. The van der Waals surface area contributed by atoms with Gasteiger partial charge in [0.25, 0.3) is 0 Å². The van der Waals surface area contributed by atoms with E-state index in [0.717, 1.165) is 13.0 Å². The topological polar surface area (TPSA) is 19.0 Å². The maximum Gasteiger partial charge on any atom is 0.118 e. The van der Waals surface area contributed by atoms with Crippen LogP contribution in [0, 0.1) is 0 Å². The first-order valence-corrected chi connectivity index (χ1v) is 8.61. The number of aromatic amines is 1. The summed E-state index contributed by atoms with van der Waals surface area (Å²) in [6.07, 6.45) is 6.57. The summed E-state index contributed by atoms with van der Waals surface area (Å²) in [6, 6.07) is 8.81. The molecule has 0 fully saturated rings. The predicted octanol–water partition coefficient (Wildman–Crippen LogP) is 5.66. The molecule has 0 radical (unpaired) electrons. The predicted molar refractivity (Wildman–Crippen MR) is 104 cm³/mol. The Morgan fingerprint density at radius 1 is 1.42 bits per heavy atom. The van der Waals surface area contributed by atoms with E-state index in [4.69, 9.17) is 0 Å². The van der Waals surface area contributed by atoms with E-state index in [9.17, 15) is 4.39 Å². The molecular formula is C21H31FN2. The number of hydrogen-bond acceptors (Lipinski definition) is 1. The highest BCUT2D eigenvalue weighted by atomic mass is 19.1. The third-order valence-electron chi connectivity index (χ3n) is 4.29. The summed E-state index contributed by atoms with van der Waals surface area (Å²) in [7, 11) is 0. The summed E-state index contributed by atoms with van der Waals surface area (Å²) in [5.41, 5.74) is 2.72. The zero-order valence-electron chi connectivity index (χ0n) is 15.3. The Hall–Kier alpha value is -1.87. The normalized spacial score (nSPS) is 18.3. The number of H-pyrrole nitrogens is 1. The molecule has 1 aromatic carbocycles. The summed E-state index contributed by atoms with van der Waals surface area (Å²) < 4.78 is 13.9. The first-order chi connectivity index (χ1) is 11.4. The largest absolute Gasteiger partial charge is 0.357 e. The van der Waals surface area contributed by atoms with Gasteiger partial charge >= 0.3 is 0 Å². The SMILES string of the molecule is C=C/C=C/C.C[C@@H]1Cc2c([nH]c3ccccc23)CN1CC(C)(C)F.[HH]. The van der Waals surface area contributed by atoms with Gasteiger partial charge in [0.2, 0.25) is 0 Å². The van der Waals surface area contributed by atoms with E-state index in [0.29, 0.717) is 12.6 Å². The molecule has 0 saturated heterocycles. The number of nitrogens with zero attached hydrogens (tertiary/aromatic N) is 1. The third kappa shape index (κ3) is 4.57. The summed E-state index contributed by atoms with van der Waals surface area (Å²) in [4.78, 5) is 5.72. The molecular weight excluding hydrogens is 299 g/mol. The van der Waals surface area contributed by atoms with Crippen LogP contribution in [0.4, 0.5) is 4.39 Å². The van der Waals surface area contributed by atoms with Crippen LogP contribution in [0.5, 0.6) is 0 Å². The maximum absolute atomic E-state index is 13.9. The summed E-state index contributed by atoms with van der Waals surface area (Å²) in [5.74, 6) is 0. The Bertz CT molecular complexity index is 712. The Labute approximate surface area is 146 Å². The molecule has 0 amide bonds. The summed E-state index contributed by atoms with van der Waals surface area (Å²) in [5, 5.41) is 1.32. The van der Waals surface area contributed by atoms with Crippen LogP contribution in [-0.4, -0.2) is 28.1 Å². The number of para-hydroxylation sites is 1. The molecule has 1 atom stereocenters. The van der Waals surface area contributed by atoms with Crippen molar-refractivity contribution in [3.05, 3.63) is 60.3 Å². The van der Waals surface area contributed by atoms with Gasteiger partial charge in [-0.1, -0.05) is 43.0 Å². The zero-order valence-corrected chi connectivity index (χ0v) is 15.3. The van der Waals surface area contributed by atoms with Gasteiger partial charge in [-0.25, -0.2) is 4.39 Å². The average Bonchev–Trinajstić information content (AvgIpc) is 2.85. The second kappa shape index (κ2) is 7.80. The van der Waals surface area contributed by atoms with Gasteiger partial charge in [0, 0.05) is 37.2 Å². The van der Waals surface area contributed by atoms with Crippen LogP contribution in [0.1, 0.15) is 40.4 Å². The van der Waals surface area contributed by atoms with Gasteiger partial charge in [0.1, 0.15) is 5.67 Å². The summed E-state index contributed by atoms with van der Waals surface area (Å²) in [6.45, 7) is 12.2. The first-order valence-electron chi connectivity index (χ1n) is 8.61. The molecule has 1 aliphatic rings. The Morgan fingerprint density at radius 3 is 2.71 bits per heavy atom. The van der Waals surface area contributed by atoms with Gasteiger partial charge in [0.15, 0.2) is 0 Å². The summed E-state index contributed by atoms with van der Waals surface area (Å²) >= 11 is 0. The van der Waals surface area contributed by atoms with Gasteiger partial charge in [0.05, 0.1) is 0 Å². The van der Waals surface area contributed by atoms with Crippen molar-refractivity contribution >= 4 is 10.9 Å². The minimum absolute atomic E-state index is 0. The Morgan fingerprint density at radius 2 is 2.12 bits per heavy atom. The molecule has 2 aromatic rings. The van der Waals surface area contributed by atoms with Gasteiger partial charge in [-0.2, -0.15) is 0 Å². The monoisotopic (exact) mass is 330 g/mol. The average molecular weight is 330 g/mol. The number of benzene rings is 1. The van der Waals surface area contributed by atoms with Crippen molar-refractivity contribution in [3.63, 3.8) is 0 Å². The number of aromatic nitrogens is 1. The van der Waals surface area contributed by atoms with Gasteiger partial charge in [-0.15, -0.1) is 0 Å². The molecule has 0 spiro atoms. The molecule has 3 heteroatoms. The molecule has 0 aliphatic carbocycles. The molecule has 0 bridgehead atoms. The van der Waals surface area contributed by atoms with Crippen LogP contribution in [0.3, 0.4) is 0 Å². The Kier molecular flexibility index (Phi) is 6.00. The highest BCUT2D eigenvalue weighted by molar-refractivity contribution is 5.84. The van der Waals surface area contributed by atoms with Gasteiger partial charge < -0.3 is 4.98 Å². The fourth-order valence-corrected chi connectivity index (χ4v) is 3.24. The van der Waals surface area contributed by atoms with Crippen molar-refractivity contribution in [1.82, 2.24) is 9.88 Å². The Balaban J connectivity index is 0.000000462. The minimum Gasteiger partial charge on any atom is -0.357 e. The second-order valence-electron chi connectivity index (χ2n) is 7.07. The van der Waals surface area contributed by atoms with Crippen LogP contribution in [0.2, 0.25) is 0 Å². The molecule has 1 aliphatic heterocycles. The molecule has 1 N–H and O–H groups in total. The van der Waals surface area contributed by atoms with E-state index in [2.05, 4.69) is 47.7 Å². The first kappa shape index (κ1) is 18.5. The lowest BCUT2D eigenvalue weighted by Crippen LogP contribution is -2.44. The van der Waals surface area contributed by atoms with Crippen LogP contribution in [-0.2, 0) is 13.0 Å². The fraction of sp³-hybridized carbons (Fsp3) is 0.429. The number of halogens is 1. The number of fused-ring (bicyclic) bond motifs is 3. The maximum atomic E-state index is 13.9. The number of nitrogens with one attached hydrogen (secondary N) is 1. The van der Waals surface area contributed by atoms with Crippen LogP contribution in [0.15, 0.2) is 49.1 Å². The third-order valence-corrected chi connectivity index (χ3v) is 4.29. The molecule has 1 aromatic heterocycles. The molecule has 132 valence electrons. The zero-order chi connectivity index (χ0) is 17.7. The fourth-order valence-electron chi connectivity index (χ4n) is 3.24.